The van der Waals surface area contributed by atoms with E-state index >= 15 is 0 Å². The summed E-state index contributed by atoms with van der Waals surface area (Å²) in [6.07, 6.45) is 45.8. The van der Waals surface area contributed by atoms with Crippen molar-refractivity contribution < 1.29 is 14.6 Å². The lowest BCUT2D eigenvalue weighted by atomic mass is 10.1. The van der Waals surface area contributed by atoms with Crippen LogP contribution >= 0.6 is 12.4 Å². The molecule has 0 heterocycles. The Labute approximate surface area is 310 Å². The van der Waals surface area contributed by atoms with Crippen molar-refractivity contribution in [3.63, 3.8) is 0 Å². The van der Waals surface area contributed by atoms with Gasteiger partial charge in [-0.2, -0.15) is 0 Å². The number of aliphatic hydroxyl groups is 1. The van der Waals surface area contributed by atoms with E-state index in [0.29, 0.717) is 13.2 Å². The zero-order valence-corrected chi connectivity index (χ0v) is 33.1. The van der Waals surface area contributed by atoms with Crippen molar-refractivity contribution in [2.45, 2.75) is 200 Å². The third-order valence-electron chi connectivity index (χ3n) is 8.98. The number of halogens is 1. The van der Waals surface area contributed by atoms with Crippen LogP contribution in [0.4, 0.5) is 0 Å². The fraction of sp³-hybridized carbons (Fsp3) is 0.750. The normalized spacial score (nSPS) is 11.8. The van der Waals surface area contributed by atoms with E-state index in [9.17, 15) is 4.79 Å². The maximum atomic E-state index is 12.0. The summed E-state index contributed by atoms with van der Waals surface area (Å²) in [6, 6.07) is 8.71. The fourth-order valence-electron chi connectivity index (χ4n) is 5.77. The summed E-state index contributed by atoms with van der Waals surface area (Å²) in [4.78, 5) is 12.0. The van der Waals surface area contributed by atoms with Crippen LogP contribution in [0.1, 0.15) is 205 Å². The molecule has 1 aromatic rings. The molecule has 0 saturated heterocycles. The van der Waals surface area contributed by atoms with E-state index in [1.807, 2.05) is 30.3 Å². The number of rotatable bonds is 33. The molecule has 49 heavy (non-hydrogen) atoms. The summed E-state index contributed by atoms with van der Waals surface area (Å²) in [5, 5.41) is 8.66. The van der Waals surface area contributed by atoms with Gasteiger partial charge in [-0.1, -0.05) is 184 Å². The first-order chi connectivity index (χ1) is 23.7. The topological polar surface area (TPSA) is 72.5 Å². The molecule has 286 valence electrons. The van der Waals surface area contributed by atoms with E-state index in [2.05, 4.69) is 38.2 Å². The number of unbranched alkanes of at least 4 members (excludes halogenated alkanes) is 24. The highest BCUT2D eigenvalue weighted by Gasteiger charge is 2.16. The number of nitrogens with two attached hydrogens (primary N) is 1. The number of hydrogen-bond acceptors (Lipinski definition) is 4. The van der Waals surface area contributed by atoms with Crippen molar-refractivity contribution in [3.05, 3.63) is 60.2 Å². The smallest absolute Gasteiger partial charge is 0.327 e. The number of allylic oxidation sites excluding steroid dienone is 4. The van der Waals surface area contributed by atoms with Crippen LogP contribution in [-0.4, -0.2) is 24.3 Å². The van der Waals surface area contributed by atoms with E-state index in [4.69, 9.17) is 15.6 Å². The van der Waals surface area contributed by atoms with E-state index in [-0.39, 0.29) is 18.4 Å². The fourth-order valence-corrected chi connectivity index (χ4v) is 5.77. The molecule has 0 fully saturated rings. The summed E-state index contributed by atoms with van der Waals surface area (Å²) in [7, 11) is 0. The Morgan fingerprint density at radius 2 is 0.918 bits per heavy atom. The van der Waals surface area contributed by atoms with E-state index in [1.54, 1.807) is 0 Å². The highest BCUT2D eigenvalue weighted by Crippen LogP contribution is 2.13. The van der Waals surface area contributed by atoms with E-state index in [1.165, 1.54) is 161 Å². The highest BCUT2D eigenvalue weighted by atomic mass is 35.5. The molecule has 0 aromatic heterocycles. The van der Waals surface area contributed by atoms with Crippen molar-refractivity contribution in [1.82, 2.24) is 0 Å². The molecule has 0 saturated carbocycles. The second kappa shape index (κ2) is 42.5. The molecule has 0 aliphatic carbocycles. The van der Waals surface area contributed by atoms with Crippen LogP contribution in [0.25, 0.3) is 0 Å². The predicted octanol–water partition coefficient (Wildman–Crippen LogP) is 13.7. The molecule has 0 amide bonds. The minimum atomic E-state index is -0.676. The lowest BCUT2D eigenvalue weighted by molar-refractivity contribution is -0.145. The molecule has 1 aromatic carbocycles. The molecular weight excluding hydrogens is 626 g/mol. The lowest BCUT2D eigenvalue weighted by Gasteiger charge is -2.11. The molecule has 3 N–H and O–H groups in total. The van der Waals surface area contributed by atoms with Gasteiger partial charge in [-0.15, -0.1) is 12.4 Å². The van der Waals surface area contributed by atoms with Crippen molar-refractivity contribution in [2.75, 3.05) is 13.2 Å². The molecule has 0 aliphatic rings. The third kappa shape index (κ3) is 37.5. The molecular formula is C44H80ClNO3. The van der Waals surface area contributed by atoms with Crippen LogP contribution in [0.5, 0.6) is 0 Å². The van der Waals surface area contributed by atoms with Gasteiger partial charge in [0.15, 0.2) is 0 Å². The van der Waals surface area contributed by atoms with Gasteiger partial charge in [0.2, 0.25) is 0 Å². The summed E-state index contributed by atoms with van der Waals surface area (Å²) >= 11 is 0. The van der Waals surface area contributed by atoms with Crippen molar-refractivity contribution in [1.29, 1.82) is 0 Å². The minimum absolute atomic E-state index is 0. The molecule has 0 spiro atoms. The monoisotopic (exact) mass is 706 g/mol. The summed E-state index contributed by atoms with van der Waals surface area (Å²) in [5.74, 6) is -0.330. The van der Waals surface area contributed by atoms with E-state index < -0.39 is 6.04 Å². The number of ether oxygens (including phenoxy) is 1. The predicted molar refractivity (Wildman–Crippen MR) is 218 cm³/mol. The van der Waals surface area contributed by atoms with Gasteiger partial charge in [-0.05, 0) is 69.8 Å². The van der Waals surface area contributed by atoms with Crippen LogP contribution in [0.15, 0.2) is 54.6 Å². The molecule has 0 bridgehead atoms. The SMILES string of the molecule is CCCCCCCC/C=C\CCCCCCCCO.CCCCCCCC/C=C\CCCCCCCCOC(=O)[C@H](N)c1ccccc1.Cl. The standard InChI is InChI=1S/C26H43NO2.C18H36O.ClH/c1-2-3-4-5-6-7-8-9-10-11-12-13-14-15-16-20-23-29-26(28)25(27)24-21-18-17-19-22-24;1-2-3-4-5-6-7-8-9-10-11-12-13-14-15-16-17-18-19;/h9-10,17-19,21-22,25H,2-8,11-16,20,23,27H2,1H3;9-10,19H,2-8,11-18H2,1H3;1H/b2*10-9-;/t25-;;/m1../s1. The third-order valence-corrected chi connectivity index (χ3v) is 8.98. The van der Waals surface area contributed by atoms with Gasteiger partial charge in [0, 0.05) is 6.61 Å². The van der Waals surface area contributed by atoms with Crippen LogP contribution in [0.3, 0.4) is 0 Å². The first-order valence-electron chi connectivity index (χ1n) is 20.5. The molecule has 5 heteroatoms. The summed E-state index contributed by atoms with van der Waals surface area (Å²) in [6.45, 7) is 5.38. The Morgan fingerprint density at radius 3 is 1.31 bits per heavy atom. The largest absolute Gasteiger partial charge is 0.464 e. The molecule has 4 nitrogen and oxygen atoms in total. The van der Waals surface area contributed by atoms with Gasteiger partial charge >= 0.3 is 5.97 Å². The molecule has 1 rings (SSSR count). The highest BCUT2D eigenvalue weighted by molar-refractivity contribution is 5.85. The van der Waals surface area contributed by atoms with Gasteiger partial charge in [-0.3, -0.25) is 0 Å². The number of hydrogen-bond donors (Lipinski definition) is 2. The Hall–Kier alpha value is -1.62. The quantitative estimate of drug-likeness (QED) is 0.0434. The molecule has 0 aliphatic heterocycles. The van der Waals surface area contributed by atoms with Crippen molar-refractivity contribution in [2.24, 2.45) is 5.73 Å². The second-order valence-corrected chi connectivity index (χ2v) is 13.7. The Bertz CT molecular complexity index is 829. The number of carbonyl (C=O) groups is 1. The number of benzene rings is 1. The van der Waals surface area contributed by atoms with Gasteiger partial charge in [-0.25, -0.2) is 4.79 Å². The van der Waals surface area contributed by atoms with Gasteiger partial charge in [0.25, 0.3) is 0 Å². The number of esters is 1. The second-order valence-electron chi connectivity index (χ2n) is 13.7. The van der Waals surface area contributed by atoms with Gasteiger partial charge in [0.1, 0.15) is 6.04 Å². The average molecular weight is 707 g/mol. The first kappa shape index (κ1) is 49.5. The van der Waals surface area contributed by atoms with Crippen molar-refractivity contribution in [3.8, 4) is 0 Å². The van der Waals surface area contributed by atoms with E-state index in [0.717, 1.165) is 24.8 Å². The van der Waals surface area contributed by atoms with Gasteiger partial charge in [0.05, 0.1) is 6.61 Å². The number of carbonyl (C=O) groups excluding carboxylic acids is 1. The Balaban J connectivity index is 0. The molecule has 1 atom stereocenters. The van der Waals surface area contributed by atoms with Crippen LogP contribution in [0, 0.1) is 0 Å². The zero-order chi connectivity index (χ0) is 35.0. The summed E-state index contributed by atoms with van der Waals surface area (Å²) < 4.78 is 5.30. The van der Waals surface area contributed by atoms with Gasteiger partial charge < -0.3 is 15.6 Å². The van der Waals surface area contributed by atoms with Crippen LogP contribution in [-0.2, 0) is 9.53 Å². The maximum absolute atomic E-state index is 12.0. The first-order valence-corrected chi connectivity index (χ1v) is 20.5. The molecule has 0 unspecified atom stereocenters. The Kier molecular flexibility index (Phi) is 43.0. The Morgan fingerprint density at radius 1 is 0.571 bits per heavy atom. The molecule has 0 radical (unpaired) electrons. The number of aliphatic hydroxyl groups excluding tert-OH is 1. The lowest BCUT2D eigenvalue weighted by Crippen LogP contribution is -2.24. The van der Waals surface area contributed by atoms with Crippen LogP contribution in [0.2, 0.25) is 0 Å². The zero-order valence-electron chi connectivity index (χ0n) is 32.2. The average Bonchev–Trinajstić information content (AvgIpc) is 3.11. The minimum Gasteiger partial charge on any atom is -0.464 e. The van der Waals surface area contributed by atoms with Crippen LogP contribution < -0.4 is 5.73 Å². The summed E-state index contributed by atoms with van der Waals surface area (Å²) in [5.41, 5.74) is 6.73. The van der Waals surface area contributed by atoms with Crippen molar-refractivity contribution >= 4 is 18.4 Å². The maximum Gasteiger partial charge on any atom is 0.327 e.